The SMILES string of the molecule is CCCCCCCCN(C)CCCCCCCCCCN(C)CCCCCCCC. The van der Waals surface area contributed by atoms with Crippen LogP contribution in [0.15, 0.2) is 0 Å². The summed E-state index contributed by atoms with van der Waals surface area (Å²) >= 11 is 0. The van der Waals surface area contributed by atoms with Gasteiger partial charge in [0.15, 0.2) is 0 Å². The molecule has 0 aromatic rings. The maximum Gasteiger partial charge on any atom is -0.00218 e. The predicted octanol–water partition coefficient (Wildman–Crippen LogP) is 8.69. The van der Waals surface area contributed by atoms with Gasteiger partial charge in [0.1, 0.15) is 0 Å². The second-order valence-electron chi connectivity index (χ2n) is 9.97. The molecule has 0 atom stereocenters. The van der Waals surface area contributed by atoms with E-state index in [0.29, 0.717) is 0 Å². The lowest BCUT2D eigenvalue weighted by Crippen LogP contribution is -2.20. The minimum absolute atomic E-state index is 1.30. The summed E-state index contributed by atoms with van der Waals surface area (Å²) in [5.41, 5.74) is 0. The van der Waals surface area contributed by atoms with Crippen LogP contribution in [-0.2, 0) is 0 Å². The van der Waals surface area contributed by atoms with E-state index in [1.54, 1.807) is 0 Å². The van der Waals surface area contributed by atoms with Crippen molar-refractivity contribution in [1.29, 1.82) is 0 Å². The van der Waals surface area contributed by atoms with Gasteiger partial charge in [-0.2, -0.15) is 0 Å². The van der Waals surface area contributed by atoms with Gasteiger partial charge in [-0.1, -0.05) is 117 Å². The third kappa shape index (κ3) is 24.2. The first kappa shape index (κ1) is 29.9. The van der Waals surface area contributed by atoms with E-state index in [9.17, 15) is 0 Å². The van der Waals surface area contributed by atoms with Gasteiger partial charge in [-0.3, -0.25) is 0 Å². The van der Waals surface area contributed by atoms with Gasteiger partial charge in [0.25, 0.3) is 0 Å². The summed E-state index contributed by atoms with van der Waals surface area (Å²) in [6, 6.07) is 0. The van der Waals surface area contributed by atoms with E-state index in [4.69, 9.17) is 0 Å². The molecule has 0 N–H and O–H groups in total. The molecule has 0 fully saturated rings. The molecule has 0 bridgehead atoms. The van der Waals surface area contributed by atoms with Crippen molar-refractivity contribution in [1.82, 2.24) is 9.80 Å². The summed E-state index contributed by atoms with van der Waals surface area (Å²) in [6.45, 7) is 9.81. The minimum Gasteiger partial charge on any atom is -0.306 e. The van der Waals surface area contributed by atoms with E-state index in [-0.39, 0.29) is 0 Å². The number of hydrogen-bond acceptors (Lipinski definition) is 2. The molecule has 2 nitrogen and oxygen atoms in total. The molecule has 30 heavy (non-hydrogen) atoms. The Hall–Kier alpha value is -0.0800. The summed E-state index contributed by atoms with van der Waals surface area (Å²) in [4.78, 5) is 5.11. The lowest BCUT2D eigenvalue weighted by atomic mass is 10.1. The lowest BCUT2D eigenvalue weighted by molar-refractivity contribution is 0.311. The van der Waals surface area contributed by atoms with Crippen molar-refractivity contribution in [2.24, 2.45) is 0 Å². The smallest absolute Gasteiger partial charge is 0.00218 e. The first-order valence-electron chi connectivity index (χ1n) is 14.1. The predicted molar refractivity (Wildman–Crippen MR) is 139 cm³/mol. The summed E-state index contributed by atoms with van der Waals surface area (Å²) in [6.07, 6.45) is 28.4. The minimum atomic E-state index is 1.30. The molecule has 0 aromatic heterocycles. The van der Waals surface area contributed by atoms with E-state index in [1.807, 2.05) is 0 Å². The summed E-state index contributed by atoms with van der Waals surface area (Å²) in [7, 11) is 4.63. The van der Waals surface area contributed by atoms with Gasteiger partial charge in [-0.25, -0.2) is 0 Å². The van der Waals surface area contributed by atoms with E-state index < -0.39 is 0 Å². The zero-order chi connectivity index (χ0) is 22.1. The highest BCUT2D eigenvalue weighted by atomic mass is 15.1. The number of unbranched alkanes of at least 4 members (excludes halogenated alkanes) is 17. The molecule has 0 heterocycles. The van der Waals surface area contributed by atoms with Crippen LogP contribution in [0.2, 0.25) is 0 Å². The van der Waals surface area contributed by atoms with Gasteiger partial charge in [0, 0.05) is 0 Å². The fourth-order valence-electron chi connectivity index (χ4n) is 4.37. The highest BCUT2D eigenvalue weighted by Crippen LogP contribution is 2.11. The zero-order valence-corrected chi connectivity index (χ0v) is 21.9. The second-order valence-corrected chi connectivity index (χ2v) is 9.97. The van der Waals surface area contributed by atoms with E-state index in [2.05, 4.69) is 37.7 Å². The Labute approximate surface area is 192 Å². The average Bonchev–Trinajstić information content (AvgIpc) is 2.74. The van der Waals surface area contributed by atoms with Crippen LogP contribution in [0.1, 0.15) is 142 Å². The van der Waals surface area contributed by atoms with Gasteiger partial charge >= 0.3 is 0 Å². The Morgan fingerprint density at radius 2 is 0.500 bits per heavy atom. The quantitative estimate of drug-likeness (QED) is 0.135. The van der Waals surface area contributed by atoms with Crippen molar-refractivity contribution in [2.45, 2.75) is 142 Å². The van der Waals surface area contributed by atoms with Crippen molar-refractivity contribution >= 4 is 0 Å². The Balaban J connectivity index is 3.21. The molecule has 0 saturated carbocycles. The summed E-state index contributed by atoms with van der Waals surface area (Å²) in [5, 5.41) is 0. The van der Waals surface area contributed by atoms with Crippen molar-refractivity contribution in [3.8, 4) is 0 Å². The van der Waals surface area contributed by atoms with Gasteiger partial charge in [-0.05, 0) is 66.0 Å². The third-order valence-corrected chi connectivity index (χ3v) is 6.62. The van der Waals surface area contributed by atoms with Crippen molar-refractivity contribution in [2.75, 3.05) is 40.3 Å². The molecule has 0 aromatic carbocycles. The van der Waals surface area contributed by atoms with Crippen LogP contribution >= 0.6 is 0 Å². The van der Waals surface area contributed by atoms with Crippen LogP contribution in [-0.4, -0.2) is 50.1 Å². The van der Waals surface area contributed by atoms with Crippen molar-refractivity contribution in [3.63, 3.8) is 0 Å². The monoisotopic (exact) mass is 424 g/mol. The van der Waals surface area contributed by atoms with Crippen molar-refractivity contribution in [3.05, 3.63) is 0 Å². The normalized spacial score (nSPS) is 11.8. The van der Waals surface area contributed by atoms with E-state index in [0.717, 1.165) is 0 Å². The molecule has 0 unspecified atom stereocenters. The van der Waals surface area contributed by atoms with Crippen LogP contribution in [0.5, 0.6) is 0 Å². The van der Waals surface area contributed by atoms with Crippen LogP contribution in [0.25, 0.3) is 0 Å². The molecule has 0 aliphatic carbocycles. The van der Waals surface area contributed by atoms with Crippen molar-refractivity contribution < 1.29 is 0 Å². The molecule has 0 spiro atoms. The molecule has 2 heteroatoms. The standard InChI is InChI=1S/C28H60N2/c1-5-7-9-11-17-21-25-29(3)27-23-19-15-13-14-16-20-24-28-30(4)26-22-18-12-10-8-6-2/h5-28H2,1-4H3. The molecule has 0 aliphatic rings. The highest BCUT2D eigenvalue weighted by Gasteiger charge is 2.00. The molecular formula is C28H60N2. The maximum atomic E-state index is 2.56. The van der Waals surface area contributed by atoms with E-state index in [1.165, 1.54) is 155 Å². The molecule has 182 valence electrons. The number of hydrogen-bond donors (Lipinski definition) is 0. The molecule has 0 rings (SSSR count). The van der Waals surface area contributed by atoms with Gasteiger partial charge < -0.3 is 9.80 Å². The Morgan fingerprint density at radius 3 is 0.733 bits per heavy atom. The average molecular weight is 425 g/mol. The number of rotatable bonds is 25. The second kappa shape index (κ2) is 25.2. The van der Waals surface area contributed by atoms with E-state index >= 15 is 0 Å². The zero-order valence-electron chi connectivity index (χ0n) is 21.9. The van der Waals surface area contributed by atoms with Gasteiger partial charge in [0.2, 0.25) is 0 Å². The first-order chi connectivity index (χ1) is 14.7. The molecule has 0 radical (unpaired) electrons. The Kier molecular flexibility index (Phi) is 25.1. The fourth-order valence-corrected chi connectivity index (χ4v) is 4.37. The molecule has 0 amide bonds. The van der Waals surface area contributed by atoms with Crippen LogP contribution < -0.4 is 0 Å². The summed E-state index contributed by atoms with van der Waals surface area (Å²) < 4.78 is 0. The Bertz CT molecular complexity index is 275. The first-order valence-corrected chi connectivity index (χ1v) is 14.1. The highest BCUT2D eigenvalue weighted by molar-refractivity contribution is 4.56. The Morgan fingerprint density at radius 1 is 0.300 bits per heavy atom. The fraction of sp³-hybridized carbons (Fsp3) is 1.00. The van der Waals surface area contributed by atoms with Gasteiger partial charge in [0.05, 0.1) is 0 Å². The van der Waals surface area contributed by atoms with Crippen LogP contribution in [0, 0.1) is 0 Å². The van der Waals surface area contributed by atoms with Gasteiger partial charge in [-0.15, -0.1) is 0 Å². The molecule has 0 aliphatic heterocycles. The topological polar surface area (TPSA) is 6.48 Å². The number of nitrogens with zero attached hydrogens (tertiary/aromatic N) is 2. The summed E-state index contributed by atoms with van der Waals surface area (Å²) in [5.74, 6) is 0. The maximum absolute atomic E-state index is 2.56. The molecular weight excluding hydrogens is 364 g/mol. The lowest BCUT2D eigenvalue weighted by Gasteiger charge is -2.16. The third-order valence-electron chi connectivity index (χ3n) is 6.62. The van der Waals surface area contributed by atoms with Crippen LogP contribution in [0.3, 0.4) is 0 Å². The largest absolute Gasteiger partial charge is 0.306 e. The molecule has 0 saturated heterocycles. The van der Waals surface area contributed by atoms with Crippen LogP contribution in [0.4, 0.5) is 0 Å².